The zero-order valence-corrected chi connectivity index (χ0v) is 13.9. The first kappa shape index (κ1) is 17.7. The quantitative estimate of drug-likeness (QED) is 0.717. The molecule has 6 nitrogen and oxygen atoms in total. The summed E-state index contributed by atoms with van der Waals surface area (Å²) < 4.78 is 43.0. The molecule has 0 aromatic carbocycles. The average molecular weight is 364 g/mol. The molecule has 9 heteroatoms. The Hall–Kier alpha value is -3.10. The van der Waals surface area contributed by atoms with Gasteiger partial charge in [-0.15, -0.1) is 0 Å². The number of alkyl halides is 3. The Morgan fingerprint density at radius 3 is 2.69 bits per heavy atom. The SMILES string of the molecule is CC/C(=C\c1c(C(F)(F)F)nn(C)c1-n1ccc2cccnc21)C(=O)O. The maximum Gasteiger partial charge on any atom is 0.435 e. The molecule has 0 radical (unpaired) electrons. The Bertz CT molecular complexity index is 1010. The van der Waals surface area contributed by atoms with E-state index < -0.39 is 17.8 Å². The summed E-state index contributed by atoms with van der Waals surface area (Å²) in [4.78, 5) is 15.5. The largest absolute Gasteiger partial charge is 0.478 e. The number of pyridine rings is 1. The van der Waals surface area contributed by atoms with Crippen LogP contribution in [0, 0.1) is 0 Å². The van der Waals surface area contributed by atoms with Crippen molar-refractivity contribution < 1.29 is 23.1 Å². The summed E-state index contributed by atoms with van der Waals surface area (Å²) in [6.07, 6.45) is -0.508. The van der Waals surface area contributed by atoms with Crippen molar-refractivity contribution >= 4 is 23.1 Å². The fraction of sp³-hybridized carbons (Fsp3) is 0.235. The molecule has 0 saturated heterocycles. The van der Waals surface area contributed by atoms with Crippen molar-refractivity contribution in [1.29, 1.82) is 0 Å². The third kappa shape index (κ3) is 2.96. The van der Waals surface area contributed by atoms with Crippen LogP contribution < -0.4 is 0 Å². The van der Waals surface area contributed by atoms with E-state index >= 15 is 0 Å². The second kappa shape index (κ2) is 6.32. The van der Waals surface area contributed by atoms with E-state index in [0.29, 0.717) is 5.65 Å². The van der Waals surface area contributed by atoms with E-state index in [1.165, 1.54) is 17.8 Å². The van der Waals surface area contributed by atoms with E-state index in [0.717, 1.165) is 16.1 Å². The average Bonchev–Trinajstić information content (AvgIpc) is 3.12. The molecule has 0 fully saturated rings. The van der Waals surface area contributed by atoms with Crippen LogP contribution in [-0.2, 0) is 18.0 Å². The molecule has 0 atom stereocenters. The molecular formula is C17H15F3N4O2. The molecule has 0 aliphatic rings. The number of carboxylic acids is 1. The van der Waals surface area contributed by atoms with Crippen LogP contribution in [0.5, 0.6) is 0 Å². The molecule has 0 spiro atoms. The van der Waals surface area contributed by atoms with Crippen molar-refractivity contribution in [1.82, 2.24) is 19.3 Å². The van der Waals surface area contributed by atoms with E-state index in [4.69, 9.17) is 0 Å². The number of hydrogen-bond donors (Lipinski definition) is 1. The molecular weight excluding hydrogens is 349 g/mol. The first-order valence-electron chi connectivity index (χ1n) is 7.74. The van der Waals surface area contributed by atoms with E-state index in [1.807, 2.05) is 0 Å². The van der Waals surface area contributed by atoms with Crippen molar-refractivity contribution in [3.05, 3.63) is 47.4 Å². The summed E-state index contributed by atoms with van der Waals surface area (Å²) in [5.41, 5.74) is -1.14. The molecule has 0 aliphatic heterocycles. The van der Waals surface area contributed by atoms with Gasteiger partial charge in [0, 0.05) is 30.4 Å². The minimum atomic E-state index is -4.73. The molecule has 0 aliphatic carbocycles. The Morgan fingerprint density at radius 2 is 2.08 bits per heavy atom. The van der Waals surface area contributed by atoms with Gasteiger partial charge >= 0.3 is 12.1 Å². The predicted molar refractivity (Wildman–Crippen MR) is 88.7 cm³/mol. The zero-order valence-electron chi connectivity index (χ0n) is 13.9. The van der Waals surface area contributed by atoms with Gasteiger partial charge in [-0.2, -0.15) is 18.3 Å². The summed E-state index contributed by atoms with van der Waals surface area (Å²) in [6, 6.07) is 5.22. The number of aryl methyl sites for hydroxylation is 1. The van der Waals surface area contributed by atoms with Crippen molar-refractivity contribution in [3.63, 3.8) is 0 Å². The Balaban J connectivity index is 2.35. The molecule has 0 saturated carbocycles. The lowest BCUT2D eigenvalue weighted by molar-refractivity contribution is -0.141. The van der Waals surface area contributed by atoms with Crippen molar-refractivity contribution in [3.8, 4) is 5.82 Å². The van der Waals surface area contributed by atoms with Crippen LogP contribution in [-0.4, -0.2) is 30.4 Å². The number of nitrogens with zero attached hydrogens (tertiary/aromatic N) is 4. The van der Waals surface area contributed by atoms with Gasteiger partial charge in [-0.3, -0.25) is 9.25 Å². The van der Waals surface area contributed by atoms with Gasteiger partial charge in [0.05, 0.1) is 5.56 Å². The summed E-state index contributed by atoms with van der Waals surface area (Å²) >= 11 is 0. The zero-order chi connectivity index (χ0) is 19.1. The molecule has 0 unspecified atom stereocenters. The van der Waals surface area contributed by atoms with Gasteiger partial charge < -0.3 is 5.11 Å². The molecule has 3 aromatic rings. The van der Waals surface area contributed by atoms with Crippen LogP contribution in [0.3, 0.4) is 0 Å². The fourth-order valence-corrected chi connectivity index (χ4v) is 2.79. The van der Waals surface area contributed by atoms with Crippen LogP contribution in [0.2, 0.25) is 0 Å². The first-order valence-corrected chi connectivity index (χ1v) is 7.74. The van der Waals surface area contributed by atoms with Gasteiger partial charge in [-0.05, 0) is 30.7 Å². The second-order valence-corrected chi connectivity index (χ2v) is 5.64. The lowest BCUT2D eigenvalue weighted by atomic mass is 10.1. The lowest BCUT2D eigenvalue weighted by Crippen LogP contribution is -2.09. The number of rotatable bonds is 4. The molecule has 3 aromatic heterocycles. The molecule has 0 bridgehead atoms. The minimum Gasteiger partial charge on any atom is -0.478 e. The number of aliphatic carboxylic acids is 1. The molecule has 136 valence electrons. The van der Waals surface area contributed by atoms with Crippen LogP contribution in [0.4, 0.5) is 13.2 Å². The van der Waals surface area contributed by atoms with Crippen LogP contribution in [0.15, 0.2) is 36.2 Å². The molecule has 26 heavy (non-hydrogen) atoms. The van der Waals surface area contributed by atoms with Crippen LogP contribution in [0.1, 0.15) is 24.6 Å². The van der Waals surface area contributed by atoms with Crippen molar-refractivity contribution in [2.45, 2.75) is 19.5 Å². The Morgan fingerprint density at radius 1 is 1.35 bits per heavy atom. The van der Waals surface area contributed by atoms with Crippen molar-refractivity contribution in [2.75, 3.05) is 0 Å². The maximum absolute atomic E-state index is 13.5. The summed E-state index contributed by atoms with van der Waals surface area (Å²) in [5.74, 6) is -1.18. The second-order valence-electron chi connectivity index (χ2n) is 5.64. The summed E-state index contributed by atoms with van der Waals surface area (Å²) in [7, 11) is 1.38. The van der Waals surface area contributed by atoms with Crippen LogP contribution in [0.25, 0.3) is 22.9 Å². The van der Waals surface area contributed by atoms with E-state index in [-0.39, 0.29) is 23.4 Å². The number of fused-ring (bicyclic) bond motifs is 1. The van der Waals surface area contributed by atoms with Gasteiger partial charge in [0.2, 0.25) is 0 Å². The lowest BCUT2D eigenvalue weighted by Gasteiger charge is -2.09. The van der Waals surface area contributed by atoms with E-state index in [9.17, 15) is 23.1 Å². The number of carboxylic acid groups (broad SMARTS) is 1. The predicted octanol–water partition coefficient (Wildman–Crippen LogP) is 3.66. The van der Waals surface area contributed by atoms with Crippen molar-refractivity contribution in [2.24, 2.45) is 7.05 Å². The van der Waals surface area contributed by atoms with Gasteiger partial charge in [-0.1, -0.05) is 6.92 Å². The first-order chi connectivity index (χ1) is 12.2. The highest BCUT2D eigenvalue weighted by molar-refractivity contribution is 5.93. The van der Waals surface area contributed by atoms with Gasteiger partial charge in [0.1, 0.15) is 11.5 Å². The van der Waals surface area contributed by atoms with E-state index in [1.54, 1.807) is 31.3 Å². The highest BCUT2D eigenvalue weighted by atomic mass is 19.4. The number of carbonyl (C=O) groups is 1. The molecule has 1 N–H and O–H groups in total. The summed E-state index contributed by atoms with van der Waals surface area (Å²) in [6.45, 7) is 1.57. The third-order valence-corrected chi connectivity index (χ3v) is 3.97. The topological polar surface area (TPSA) is 72.9 Å². The third-order valence-electron chi connectivity index (χ3n) is 3.97. The van der Waals surface area contributed by atoms with Gasteiger partial charge in [0.15, 0.2) is 5.69 Å². The summed E-state index contributed by atoms with van der Waals surface area (Å²) in [5, 5.41) is 13.6. The van der Waals surface area contributed by atoms with Crippen LogP contribution >= 0.6 is 0 Å². The fourth-order valence-electron chi connectivity index (χ4n) is 2.79. The number of hydrogen-bond acceptors (Lipinski definition) is 3. The van der Waals surface area contributed by atoms with Gasteiger partial charge in [-0.25, -0.2) is 9.78 Å². The van der Waals surface area contributed by atoms with Gasteiger partial charge in [0.25, 0.3) is 0 Å². The standard InChI is InChI=1S/C17H15F3N4O2/c1-3-10(16(25)26)9-12-13(17(18,19)20)22-23(2)15(12)24-8-6-11-5-4-7-21-14(11)24/h4-9H,3H2,1-2H3,(H,25,26)/b10-9+. The maximum atomic E-state index is 13.5. The Labute approximate surface area is 146 Å². The van der Waals surface area contributed by atoms with E-state index in [2.05, 4.69) is 10.1 Å². The smallest absolute Gasteiger partial charge is 0.435 e. The Kier molecular flexibility index (Phi) is 4.31. The molecule has 3 heterocycles. The number of halogens is 3. The molecule has 3 rings (SSSR count). The highest BCUT2D eigenvalue weighted by Crippen LogP contribution is 2.36. The monoisotopic (exact) mass is 364 g/mol. The molecule has 0 amide bonds. The highest BCUT2D eigenvalue weighted by Gasteiger charge is 2.39. The minimum absolute atomic E-state index is 0.0750. The normalized spacial score (nSPS) is 12.7. The number of aromatic nitrogens is 4.